The Balaban J connectivity index is 2.28. The molecule has 1 aromatic carbocycles. The van der Waals surface area contributed by atoms with Gasteiger partial charge in [0.25, 0.3) is 0 Å². The van der Waals surface area contributed by atoms with Crippen LogP contribution in [0.1, 0.15) is 11.8 Å². The molecule has 5 heteroatoms. The lowest BCUT2D eigenvalue weighted by atomic mass is 10.2. The molecule has 0 fully saturated rings. The number of hydrogen-bond donors (Lipinski definition) is 2. The van der Waals surface area contributed by atoms with Crippen molar-refractivity contribution in [2.75, 3.05) is 6.54 Å². The molecular formula is C11H11FN2OS. The van der Waals surface area contributed by atoms with Crippen LogP contribution in [0.25, 0.3) is 10.6 Å². The molecule has 0 aliphatic rings. The zero-order valence-corrected chi connectivity index (χ0v) is 9.25. The fourth-order valence-electron chi connectivity index (χ4n) is 1.29. The summed E-state index contributed by atoms with van der Waals surface area (Å²) in [6, 6.07) is 6.09. The zero-order chi connectivity index (χ0) is 11.5. The van der Waals surface area contributed by atoms with Gasteiger partial charge >= 0.3 is 0 Å². The first-order valence-corrected chi connectivity index (χ1v) is 5.68. The van der Waals surface area contributed by atoms with E-state index in [-0.39, 0.29) is 12.4 Å². The molecule has 1 unspecified atom stereocenters. The van der Waals surface area contributed by atoms with Gasteiger partial charge in [0.2, 0.25) is 0 Å². The number of aliphatic hydroxyl groups is 1. The Labute approximate surface area is 96.4 Å². The number of nitrogens with zero attached hydrogens (tertiary/aromatic N) is 1. The molecule has 1 atom stereocenters. The van der Waals surface area contributed by atoms with E-state index in [1.165, 1.54) is 23.5 Å². The van der Waals surface area contributed by atoms with Crippen molar-refractivity contribution in [3.63, 3.8) is 0 Å². The Morgan fingerprint density at radius 2 is 2.06 bits per heavy atom. The van der Waals surface area contributed by atoms with Gasteiger partial charge in [-0.3, -0.25) is 0 Å². The van der Waals surface area contributed by atoms with Gasteiger partial charge in [-0.25, -0.2) is 9.37 Å². The van der Waals surface area contributed by atoms with Crippen molar-refractivity contribution in [1.82, 2.24) is 4.98 Å². The molecule has 0 spiro atoms. The molecule has 3 nitrogen and oxygen atoms in total. The fraction of sp³-hybridized carbons (Fsp3) is 0.182. The van der Waals surface area contributed by atoms with Crippen LogP contribution in [0.4, 0.5) is 4.39 Å². The molecule has 1 heterocycles. The van der Waals surface area contributed by atoms with Crippen LogP contribution in [-0.2, 0) is 0 Å². The molecule has 0 amide bonds. The highest BCUT2D eigenvalue weighted by Crippen LogP contribution is 2.26. The van der Waals surface area contributed by atoms with Gasteiger partial charge in [-0.2, -0.15) is 0 Å². The van der Waals surface area contributed by atoms with Crippen LogP contribution in [0, 0.1) is 5.82 Å². The van der Waals surface area contributed by atoms with Crippen LogP contribution in [0.2, 0.25) is 0 Å². The van der Waals surface area contributed by atoms with Gasteiger partial charge in [0, 0.05) is 17.5 Å². The van der Waals surface area contributed by atoms with E-state index in [1.807, 2.05) is 0 Å². The molecule has 0 saturated heterocycles. The van der Waals surface area contributed by atoms with Crippen LogP contribution in [-0.4, -0.2) is 16.6 Å². The van der Waals surface area contributed by atoms with Crippen LogP contribution in [0.5, 0.6) is 0 Å². The monoisotopic (exact) mass is 238 g/mol. The third-order valence-electron chi connectivity index (χ3n) is 2.18. The fourth-order valence-corrected chi connectivity index (χ4v) is 2.16. The number of hydrogen-bond acceptors (Lipinski definition) is 4. The van der Waals surface area contributed by atoms with Gasteiger partial charge in [-0.15, -0.1) is 11.3 Å². The summed E-state index contributed by atoms with van der Waals surface area (Å²) in [7, 11) is 0. The van der Waals surface area contributed by atoms with E-state index in [0.29, 0.717) is 5.69 Å². The summed E-state index contributed by atoms with van der Waals surface area (Å²) >= 11 is 1.40. The van der Waals surface area contributed by atoms with Crippen molar-refractivity contribution in [3.05, 3.63) is 41.2 Å². The largest absolute Gasteiger partial charge is 0.385 e. The zero-order valence-electron chi connectivity index (χ0n) is 8.43. The minimum absolute atomic E-state index is 0.145. The van der Waals surface area contributed by atoms with Gasteiger partial charge in [-0.1, -0.05) is 0 Å². The lowest BCUT2D eigenvalue weighted by Crippen LogP contribution is -2.11. The van der Waals surface area contributed by atoms with E-state index in [2.05, 4.69) is 4.98 Å². The second kappa shape index (κ2) is 4.69. The summed E-state index contributed by atoms with van der Waals surface area (Å²) in [6.45, 7) is 0.145. The summed E-state index contributed by atoms with van der Waals surface area (Å²) in [5.41, 5.74) is 6.73. The topological polar surface area (TPSA) is 59.1 Å². The predicted molar refractivity (Wildman–Crippen MR) is 61.5 cm³/mol. The lowest BCUT2D eigenvalue weighted by molar-refractivity contribution is 0.182. The lowest BCUT2D eigenvalue weighted by Gasteiger charge is -2.01. The molecular weight excluding hydrogens is 227 g/mol. The van der Waals surface area contributed by atoms with Crippen molar-refractivity contribution in [2.45, 2.75) is 6.10 Å². The first kappa shape index (κ1) is 11.2. The van der Waals surface area contributed by atoms with E-state index in [1.54, 1.807) is 17.5 Å². The molecule has 0 saturated carbocycles. The first-order valence-electron chi connectivity index (χ1n) is 4.80. The third kappa shape index (κ3) is 2.27. The summed E-state index contributed by atoms with van der Waals surface area (Å²) in [5.74, 6) is -0.275. The molecule has 0 radical (unpaired) electrons. The van der Waals surface area contributed by atoms with E-state index < -0.39 is 6.10 Å². The molecule has 2 aromatic rings. The maximum absolute atomic E-state index is 12.7. The van der Waals surface area contributed by atoms with E-state index >= 15 is 0 Å². The molecule has 1 aromatic heterocycles. The van der Waals surface area contributed by atoms with Gasteiger partial charge in [0.1, 0.15) is 16.9 Å². The number of nitrogens with two attached hydrogens (primary N) is 1. The van der Waals surface area contributed by atoms with Crippen LogP contribution < -0.4 is 5.73 Å². The minimum atomic E-state index is -0.731. The Hall–Kier alpha value is -1.30. The normalized spacial score (nSPS) is 12.7. The highest BCUT2D eigenvalue weighted by Gasteiger charge is 2.10. The summed E-state index contributed by atoms with van der Waals surface area (Å²) < 4.78 is 12.7. The Kier molecular flexibility index (Phi) is 3.28. The number of benzene rings is 1. The number of aliphatic hydroxyl groups excluding tert-OH is 1. The minimum Gasteiger partial charge on any atom is -0.385 e. The average molecular weight is 238 g/mol. The molecule has 84 valence electrons. The standard InChI is InChI=1S/C11H11FN2OS/c12-8-3-1-7(2-4-8)11-14-9(6-16-11)10(15)5-13/h1-4,6,10,15H,5,13H2. The van der Waals surface area contributed by atoms with E-state index in [0.717, 1.165) is 10.6 Å². The van der Waals surface area contributed by atoms with Crippen molar-refractivity contribution in [2.24, 2.45) is 5.73 Å². The molecule has 0 bridgehead atoms. The Morgan fingerprint density at radius 1 is 1.38 bits per heavy atom. The molecule has 3 N–H and O–H groups in total. The van der Waals surface area contributed by atoms with Crippen LogP contribution in [0.3, 0.4) is 0 Å². The third-order valence-corrected chi connectivity index (χ3v) is 3.09. The maximum atomic E-state index is 12.7. The van der Waals surface area contributed by atoms with Crippen molar-refractivity contribution in [1.29, 1.82) is 0 Å². The van der Waals surface area contributed by atoms with Gasteiger partial charge < -0.3 is 10.8 Å². The quantitative estimate of drug-likeness (QED) is 0.859. The SMILES string of the molecule is NCC(O)c1csc(-c2ccc(F)cc2)n1. The van der Waals surface area contributed by atoms with Crippen molar-refractivity contribution in [3.8, 4) is 10.6 Å². The number of aromatic nitrogens is 1. The van der Waals surface area contributed by atoms with Gasteiger partial charge in [-0.05, 0) is 24.3 Å². The first-order chi connectivity index (χ1) is 7.70. The summed E-state index contributed by atoms with van der Waals surface area (Å²) in [5, 5.41) is 12.0. The second-order valence-corrected chi connectivity index (χ2v) is 4.19. The smallest absolute Gasteiger partial charge is 0.123 e. The van der Waals surface area contributed by atoms with Crippen molar-refractivity contribution >= 4 is 11.3 Å². The van der Waals surface area contributed by atoms with Gasteiger partial charge in [0.05, 0.1) is 5.69 Å². The number of rotatable bonds is 3. The molecule has 0 aliphatic carbocycles. The van der Waals surface area contributed by atoms with E-state index in [9.17, 15) is 9.50 Å². The molecule has 2 rings (SSSR count). The average Bonchev–Trinajstić information content (AvgIpc) is 2.78. The van der Waals surface area contributed by atoms with Gasteiger partial charge in [0.15, 0.2) is 0 Å². The summed E-state index contributed by atoms with van der Waals surface area (Å²) in [4.78, 5) is 4.25. The Morgan fingerprint density at radius 3 is 2.69 bits per heavy atom. The molecule has 0 aliphatic heterocycles. The van der Waals surface area contributed by atoms with Crippen LogP contribution >= 0.6 is 11.3 Å². The number of thiazole rings is 1. The Bertz CT molecular complexity index is 469. The summed E-state index contributed by atoms with van der Waals surface area (Å²) in [6.07, 6.45) is -0.731. The van der Waals surface area contributed by atoms with Crippen molar-refractivity contribution < 1.29 is 9.50 Å². The highest BCUT2D eigenvalue weighted by atomic mass is 32.1. The predicted octanol–water partition coefficient (Wildman–Crippen LogP) is 1.94. The number of halogens is 1. The maximum Gasteiger partial charge on any atom is 0.123 e. The molecule has 16 heavy (non-hydrogen) atoms. The van der Waals surface area contributed by atoms with E-state index in [4.69, 9.17) is 5.73 Å². The highest BCUT2D eigenvalue weighted by molar-refractivity contribution is 7.13. The second-order valence-electron chi connectivity index (χ2n) is 3.34. The van der Waals surface area contributed by atoms with Crippen LogP contribution in [0.15, 0.2) is 29.6 Å².